The predicted molar refractivity (Wildman–Crippen MR) is 96.8 cm³/mol. The Bertz CT molecular complexity index is 752. The standard InChI is InChI=1S/C18H25N5O3/c1-12(2)26-15-8-6-14(7-9-15)13(3)19-18(25)16-10-23(21-20-16)11-17(24)22(4)5/h6-10,12-13H,11H2,1-5H3,(H,19,25). The fourth-order valence-electron chi connectivity index (χ4n) is 2.22. The summed E-state index contributed by atoms with van der Waals surface area (Å²) in [4.78, 5) is 25.5. The van der Waals surface area contributed by atoms with Gasteiger partial charge in [-0.25, -0.2) is 4.68 Å². The zero-order valence-corrected chi connectivity index (χ0v) is 15.8. The molecule has 2 rings (SSSR count). The lowest BCUT2D eigenvalue weighted by Crippen LogP contribution is -2.27. The highest BCUT2D eigenvalue weighted by Gasteiger charge is 2.16. The van der Waals surface area contributed by atoms with E-state index < -0.39 is 0 Å². The van der Waals surface area contributed by atoms with E-state index in [4.69, 9.17) is 4.74 Å². The summed E-state index contributed by atoms with van der Waals surface area (Å²) in [6.45, 7) is 5.86. The largest absolute Gasteiger partial charge is 0.491 e. The maximum atomic E-state index is 12.3. The first-order valence-corrected chi connectivity index (χ1v) is 8.44. The Kier molecular flexibility index (Phi) is 6.32. The molecule has 0 saturated heterocycles. The third-order valence-electron chi connectivity index (χ3n) is 3.67. The van der Waals surface area contributed by atoms with Crippen LogP contribution in [0.2, 0.25) is 0 Å². The molecule has 1 aromatic heterocycles. The quantitative estimate of drug-likeness (QED) is 0.812. The van der Waals surface area contributed by atoms with Crippen molar-refractivity contribution < 1.29 is 14.3 Å². The van der Waals surface area contributed by atoms with Gasteiger partial charge in [-0.3, -0.25) is 9.59 Å². The van der Waals surface area contributed by atoms with Crippen molar-refractivity contribution in [3.63, 3.8) is 0 Å². The molecule has 1 aromatic carbocycles. The van der Waals surface area contributed by atoms with Crippen LogP contribution in [0.1, 0.15) is 42.9 Å². The second kappa shape index (κ2) is 8.46. The smallest absolute Gasteiger partial charge is 0.273 e. The van der Waals surface area contributed by atoms with Gasteiger partial charge in [0, 0.05) is 14.1 Å². The minimum Gasteiger partial charge on any atom is -0.491 e. The van der Waals surface area contributed by atoms with Crippen LogP contribution in [0.5, 0.6) is 5.75 Å². The van der Waals surface area contributed by atoms with Gasteiger partial charge in [0.15, 0.2) is 5.69 Å². The van der Waals surface area contributed by atoms with E-state index in [1.807, 2.05) is 45.0 Å². The summed E-state index contributed by atoms with van der Waals surface area (Å²) in [7, 11) is 3.32. The molecule has 0 aliphatic carbocycles. The first-order valence-electron chi connectivity index (χ1n) is 8.44. The summed E-state index contributed by atoms with van der Waals surface area (Å²) in [5.74, 6) is 0.318. The summed E-state index contributed by atoms with van der Waals surface area (Å²) in [6, 6.07) is 7.37. The van der Waals surface area contributed by atoms with E-state index in [-0.39, 0.29) is 36.2 Å². The van der Waals surface area contributed by atoms with Gasteiger partial charge in [0.05, 0.1) is 18.3 Å². The molecule has 0 radical (unpaired) electrons. The molecule has 0 bridgehead atoms. The van der Waals surface area contributed by atoms with Gasteiger partial charge in [-0.15, -0.1) is 5.10 Å². The lowest BCUT2D eigenvalue weighted by Gasteiger charge is -2.15. The van der Waals surface area contributed by atoms with Crippen LogP contribution < -0.4 is 10.1 Å². The highest BCUT2D eigenvalue weighted by Crippen LogP contribution is 2.18. The summed E-state index contributed by atoms with van der Waals surface area (Å²) in [5.41, 5.74) is 1.12. The molecule has 0 saturated carbocycles. The Morgan fingerprint density at radius 2 is 1.85 bits per heavy atom. The van der Waals surface area contributed by atoms with E-state index in [9.17, 15) is 9.59 Å². The number of rotatable bonds is 7. The van der Waals surface area contributed by atoms with Gasteiger partial charge < -0.3 is 15.0 Å². The Labute approximate surface area is 153 Å². The van der Waals surface area contributed by atoms with Gasteiger partial charge in [0.2, 0.25) is 5.91 Å². The Hall–Kier alpha value is -2.90. The number of likely N-dealkylation sites (N-methyl/N-ethyl adjacent to an activating group) is 1. The number of carbonyl (C=O) groups is 2. The Balaban J connectivity index is 1.96. The summed E-state index contributed by atoms with van der Waals surface area (Å²) >= 11 is 0. The van der Waals surface area contributed by atoms with Crippen LogP contribution in [0.3, 0.4) is 0 Å². The molecule has 2 aromatic rings. The van der Waals surface area contributed by atoms with E-state index in [1.54, 1.807) is 14.1 Å². The minimum atomic E-state index is -0.344. The zero-order valence-electron chi connectivity index (χ0n) is 15.8. The molecule has 0 aliphatic rings. The topological polar surface area (TPSA) is 89.4 Å². The number of carbonyl (C=O) groups excluding carboxylic acids is 2. The Morgan fingerprint density at radius 3 is 2.42 bits per heavy atom. The number of amides is 2. The molecular formula is C18H25N5O3. The number of hydrogen-bond donors (Lipinski definition) is 1. The van der Waals surface area contributed by atoms with Crippen LogP contribution >= 0.6 is 0 Å². The van der Waals surface area contributed by atoms with E-state index >= 15 is 0 Å². The number of aromatic nitrogens is 3. The van der Waals surface area contributed by atoms with Gasteiger partial charge in [0.25, 0.3) is 5.91 Å². The van der Waals surface area contributed by atoms with E-state index in [0.29, 0.717) is 0 Å². The first-order chi connectivity index (χ1) is 12.3. The second-order valence-electron chi connectivity index (χ2n) is 6.52. The molecule has 26 heavy (non-hydrogen) atoms. The zero-order chi connectivity index (χ0) is 19.3. The summed E-state index contributed by atoms with van der Waals surface area (Å²) in [6.07, 6.45) is 1.57. The number of ether oxygens (including phenoxy) is 1. The number of benzene rings is 1. The van der Waals surface area contributed by atoms with Crippen LogP contribution in [0.25, 0.3) is 0 Å². The van der Waals surface area contributed by atoms with Crippen LogP contribution in [0, 0.1) is 0 Å². The van der Waals surface area contributed by atoms with Crippen molar-refractivity contribution in [1.29, 1.82) is 0 Å². The van der Waals surface area contributed by atoms with Crippen molar-refractivity contribution >= 4 is 11.8 Å². The van der Waals surface area contributed by atoms with Crippen LogP contribution in [0.15, 0.2) is 30.5 Å². The van der Waals surface area contributed by atoms with Crippen molar-refractivity contribution in [3.8, 4) is 5.75 Å². The van der Waals surface area contributed by atoms with Gasteiger partial charge >= 0.3 is 0 Å². The van der Waals surface area contributed by atoms with Gasteiger partial charge in [-0.1, -0.05) is 17.3 Å². The third kappa shape index (κ3) is 5.30. The van der Waals surface area contributed by atoms with Crippen LogP contribution in [-0.2, 0) is 11.3 Å². The first kappa shape index (κ1) is 19.4. The molecule has 2 amide bonds. The number of hydrogen-bond acceptors (Lipinski definition) is 5. The lowest BCUT2D eigenvalue weighted by molar-refractivity contribution is -0.129. The normalized spacial score (nSPS) is 11.9. The minimum absolute atomic E-state index is 0.0418. The molecule has 8 heteroatoms. The molecule has 0 fully saturated rings. The Morgan fingerprint density at radius 1 is 1.19 bits per heavy atom. The van der Waals surface area contributed by atoms with Crippen molar-refractivity contribution in [1.82, 2.24) is 25.2 Å². The van der Waals surface area contributed by atoms with Crippen molar-refractivity contribution in [2.75, 3.05) is 14.1 Å². The van der Waals surface area contributed by atoms with E-state index in [2.05, 4.69) is 15.6 Å². The average Bonchev–Trinajstić information content (AvgIpc) is 3.03. The predicted octanol–water partition coefficient (Wildman–Crippen LogP) is 1.64. The SMILES string of the molecule is CC(C)Oc1ccc(C(C)NC(=O)c2cn(CC(=O)N(C)C)nn2)cc1. The van der Waals surface area contributed by atoms with E-state index in [1.165, 1.54) is 15.8 Å². The molecular weight excluding hydrogens is 334 g/mol. The van der Waals surface area contributed by atoms with Gasteiger partial charge in [0.1, 0.15) is 12.3 Å². The van der Waals surface area contributed by atoms with Crippen molar-refractivity contribution in [3.05, 3.63) is 41.7 Å². The van der Waals surface area contributed by atoms with Gasteiger partial charge in [-0.2, -0.15) is 0 Å². The molecule has 1 atom stereocenters. The fraction of sp³-hybridized carbons (Fsp3) is 0.444. The highest BCUT2D eigenvalue weighted by atomic mass is 16.5. The fourth-order valence-corrected chi connectivity index (χ4v) is 2.22. The third-order valence-corrected chi connectivity index (χ3v) is 3.67. The molecule has 0 spiro atoms. The van der Waals surface area contributed by atoms with Crippen molar-refractivity contribution in [2.24, 2.45) is 0 Å². The molecule has 140 valence electrons. The maximum Gasteiger partial charge on any atom is 0.273 e. The van der Waals surface area contributed by atoms with Crippen LogP contribution in [0.4, 0.5) is 0 Å². The second-order valence-corrected chi connectivity index (χ2v) is 6.52. The number of nitrogens with one attached hydrogen (secondary N) is 1. The highest BCUT2D eigenvalue weighted by molar-refractivity contribution is 5.92. The summed E-state index contributed by atoms with van der Waals surface area (Å²) < 4.78 is 6.96. The monoisotopic (exact) mass is 359 g/mol. The summed E-state index contributed by atoms with van der Waals surface area (Å²) in [5, 5.41) is 10.5. The van der Waals surface area contributed by atoms with E-state index in [0.717, 1.165) is 11.3 Å². The molecule has 1 unspecified atom stereocenters. The van der Waals surface area contributed by atoms with Crippen LogP contribution in [-0.4, -0.2) is 51.9 Å². The number of nitrogens with zero attached hydrogens (tertiary/aromatic N) is 4. The van der Waals surface area contributed by atoms with Crippen molar-refractivity contribution in [2.45, 2.75) is 39.5 Å². The maximum absolute atomic E-state index is 12.3. The molecule has 1 N–H and O–H groups in total. The molecule has 0 aliphatic heterocycles. The molecule has 8 nitrogen and oxygen atoms in total. The lowest BCUT2D eigenvalue weighted by atomic mass is 10.1. The molecule has 1 heterocycles. The average molecular weight is 359 g/mol. The van der Waals surface area contributed by atoms with Gasteiger partial charge in [-0.05, 0) is 38.5 Å².